The molecular formula is C54H33N3S. The van der Waals surface area contributed by atoms with Gasteiger partial charge >= 0.3 is 0 Å². The van der Waals surface area contributed by atoms with Crippen molar-refractivity contribution in [2.75, 3.05) is 0 Å². The molecule has 3 nitrogen and oxygen atoms in total. The van der Waals surface area contributed by atoms with E-state index in [2.05, 4.69) is 214 Å². The predicted octanol–water partition coefficient (Wildman–Crippen LogP) is 15.0. The Morgan fingerprint density at radius 1 is 0.310 bits per heavy atom. The van der Waals surface area contributed by atoms with Crippen LogP contribution in [0.5, 0.6) is 0 Å². The van der Waals surface area contributed by atoms with E-state index in [4.69, 9.17) is 0 Å². The third-order valence-corrected chi connectivity index (χ3v) is 13.4. The van der Waals surface area contributed by atoms with Gasteiger partial charge < -0.3 is 13.7 Å². The van der Waals surface area contributed by atoms with Crippen molar-refractivity contribution in [2.45, 2.75) is 0 Å². The lowest BCUT2D eigenvalue weighted by Gasteiger charge is -2.15. The molecule has 0 aliphatic carbocycles. The van der Waals surface area contributed by atoms with Crippen molar-refractivity contribution < 1.29 is 0 Å². The molecule has 0 saturated carbocycles. The number of hydrogen-bond donors (Lipinski definition) is 0. The average molecular weight is 756 g/mol. The molecule has 0 bridgehead atoms. The van der Waals surface area contributed by atoms with E-state index in [0.717, 1.165) is 5.69 Å². The van der Waals surface area contributed by atoms with Crippen LogP contribution in [0.4, 0.5) is 0 Å². The molecule has 0 unspecified atom stereocenters. The zero-order valence-corrected chi connectivity index (χ0v) is 32.1. The van der Waals surface area contributed by atoms with E-state index in [-0.39, 0.29) is 0 Å². The van der Waals surface area contributed by atoms with Crippen LogP contribution in [0.1, 0.15) is 0 Å². The molecule has 0 fully saturated rings. The van der Waals surface area contributed by atoms with Gasteiger partial charge in [-0.25, -0.2) is 0 Å². The molecule has 0 atom stereocenters. The van der Waals surface area contributed by atoms with Gasteiger partial charge in [-0.1, -0.05) is 127 Å². The Hall–Kier alpha value is -7.40. The Balaban J connectivity index is 1.08. The first-order valence-corrected chi connectivity index (χ1v) is 20.7. The molecule has 0 radical (unpaired) electrons. The molecule has 270 valence electrons. The molecule has 4 aromatic heterocycles. The molecule has 0 aliphatic rings. The number of benzene rings is 9. The number of fused-ring (bicyclic) bond motifs is 13. The highest BCUT2D eigenvalue weighted by atomic mass is 32.1. The minimum absolute atomic E-state index is 1.16. The Labute approximate surface area is 337 Å². The summed E-state index contributed by atoms with van der Waals surface area (Å²) in [4.78, 5) is 0. The third-order valence-electron chi connectivity index (χ3n) is 12.2. The second-order valence-electron chi connectivity index (χ2n) is 15.2. The summed E-state index contributed by atoms with van der Waals surface area (Å²) < 4.78 is 10.0. The van der Waals surface area contributed by atoms with Crippen molar-refractivity contribution in [1.82, 2.24) is 13.7 Å². The molecule has 0 aliphatic heterocycles. The first kappa shape index (κ1) is 31.8. The molecule has 13 rings (SSSR count). The summed E-state index contributed by atoms with van der Waals surface area (Å²) in [6, 6.07) is 73.5. The van der Waals surface area contributed by atoms with Crippen LogP contribution in [0.3, 0.4) is 0 Å². The van der Waals surface area contributed by atoms with Gasteiger partial charge in [0.05, 0.1) is 49.2 Å². The summed E-state index contributed by atoms with van der Waals surface area (Å²) in [5, 5.41) is 10.2. The summed E-state index contributed by atoms with van der Waals surface area (Å²) in [5.74, 6) is 0. The minimum atomic E-state index is 1.16. The fraction of sp³-hybridized carbons (Fsp3) is 0. The van der Waals surface area contributed by atoms with E-state index in [1.54, 1.807) is 0 Å². The van der Waals surface area contributed by atoms with E-state index < -0.39 is 0 Å². The number of para-hydroxylation sites is 5. The van der Waals surface area contributed by atoms with E-state index in [1.807, 2.05) is 11.3 Å². The van der Waals surface area contributed by atoms with Crippen molar-refractivity contribution in [3.8, 4) is 28.2 Å². The molecule has 13 aromatic rings. The van der Waals surface area contributed by atoms with Crippen molar-refractivity contribution in [3.05, 3.63) is 200 Å². The molecule has 0 N–H and O–H groups in total. The maximum Gasteiger partial charge on any atom is 0.0640 e. The number of hydrogen-bond acceptors (Lipinski definition) is 1. The Bertz CT molecular complexity index is 3800. The van der Waals surface area contributed by atoms with Crippen LogP contribution in [0.15, 0.2) is 200 Å². The lowest BCUT2D eigenvalue weighted by Crippen LogP contribution is -1.97. The molecule has 4 heteroatoms. The minimum Gasteiger partial charge on any atom is -0.309 e. The van der Waals surface area contributed by atoms with Crippen LogP contribution >= 0.6 is 11.3 Å². The fourth-order valence-electron chi connectivity index (χ4n) is 9.85. The summed E-state index contributed by atoms with van der Waals surface area (Å²) in [7, 11) is 0. The molecule has 58 heavy (non-hydrogen) atoms. The number of nitrogens with zero attached hydrogens (tertiary/aromatic N) is 3. The number of aromatic nitrogens is 3. The summed E-state index contributed by atoms with van der Waals surface area (Å²) in [6.07, 6.45) is 0. The highest BCUT2D eigenvalue weighted by molar-refractivity contribution is 7.26. The molecule has 0 amide bonds. The Morgan fingerprint density at radius 3 is 1.57 bits per heavy atom. The fourth-order valence-corrected chi connectivity index (χ4v) is 11.1. The lowest BCUT2D eigenvalue weighted by atomic mass is 10.0. The predicted molar refractivity (Wildman–Crippen MR) is 248 cm³/mol. The van der Waals surface area contributed by atoms with E-state index in [9.17, 15) is 0 Å². The van der Waals surface area contributed by atoms with Crippen molar-refractivity contribution in [1.29, 1.82) is 0 Å². The standard InChI is InChI=1S/C54H33N3S/c1-2-15-35(16-3-1)55-44-24-10-5-18-37(44)42-33-34(29-30-47(42)55)36-17-4-9-23-43(36)56-45-25-11-6-20-40(45)52-48(56)31-32-49-53(52)41-21-7-12-26-46(41)57(49)50-27-14-22-39-38-19-8-13-28-51(38)58-54(39)50/h1-33H. The van der Waals surface area contributed by atoms with Gasteiger partial charge in [-0.05, 0) is 78.4 Å². The first-order valence-electron chi connectivity index (χ1n) is 19.9. The third kappa shape index (κ3) is 4.32. The van der Waals surface area contributed by atoms with Crippen LogP contribution in [0.2, 0.25) is 0 Å². The second-order valence-corrected chi connectivity index (χ2v) is 16.3. The largest absolute Gasteiger partial charge is 0.309 e. The van der Waals surface area contributed by atoms with Gasteiger partial charge in [0.2, 0.25) is 0 Å². The van der Waals surface area contributed by atoms with Gasteiger partial charge in [-0.3, -0.25) is 0 Å². The van der Waals surface area contributed by atoms with Crippen LogP contribution in [0, 0.1) is 0 Å². The zero-order chi connectivity index (χ0) is 37.9. The first-order chi connectivity index (χ1) is 28.8. The van der Waals surface area contributed by atoms with Crippen LogP contribution < -0.4 is 0 Å². The smallest absolute Gasteiger partial charge is 0.0640 e. The van der Waals surface area contributed by atoms with Gasteiger partial charge in [0.15, 0.2) is 0 Å². The van der Waals surface area contributed by atoms with Crippen molar-refractivity contribution in [3.63, 3.8) is 0 Å². The molecule has 4 heterocycles. The van der Waals surface area contributed by atoms with Crippen LogP contribution in [-0.4, -0.2) is 13.7 Å². The quantitative estimate of drug-likeness (QED) is 0.170. The highest BCUT2D eigenvalue weighted by Crippen LogP contribution is 2.46. The Morgan fingerprint density at radius 2 is 0.828 bits per heavy atom. The van der Waals surface area contributed by atoms with E-state index >= 15 is 0 Å². The van der Waals surface area contributed by atoms with E-state index in [1.165, 1.54) is 108 Å². The molecule has 0 spiro atoms. The van der Waals surface area contributed by atoms with Crippen molar-refractivity contribution in [2.24, 2.45) is 0 Å². The summed E-state index contributed by atoms with van der Waals surface area (Å²) in [5.41, 5.74) is 13.2. The van der Waals surface area contributed by atoms with Gasteiger partial charge in [0.25, 0.3) is 0 Å². The summed E-state index contributed by atoms with van der Waals surface area (Å²) in [6.45, 7) is 0. The van der Waals surface area contributed by atoms with Gasteiger partial charge in [-0.15, -0.1) is 11.3 Å². The van der Waals surface area contributed by atoms with Gasteiger partial charge in [0.1, 0.15) is 0 Å². The lowest BCUT2D eigenvalue weighted by molar-refractivity contribution is 1.18. The SMILES string of the molecule is c1ccc(-n2c3ccccc3c3cc(-c4ccccc4-n4c5ccccc5c5c6c7ccccc7n(-c7cccc8c7sc7ccccc78)c6ccc54)ccc32)cc1. The summed E-state index contributed by atoms with van der Waals surface area (Å²) >= 11 is 1.89. The normalized spacial score (nSPS) is 12.1. The molecular weight excluding hydrogens is 723 g/mol. The van der Waals surface area contributed by atoms with Crippen molar-refractivity contribution >= 4 is 96.9 Å². The average Bonchev–Trinajstić information content (AvgIpc) is 4.03. The van der Waals surface area contributed by atoms with Gasteiger partial charge in [0, 0.05) is 59.0 Å². The second kappa shape index (κ2) is 12.1. The number of thiophene rings is 1. The van der Waals surface area contributed by atoms with Crippen LogP contribution in [-0.2, 0) is 0 Å². The maximum absolute atomic E-state index is 2.50. The van der Waals surface area contributed by atoms with E-state index in [0.29, 0.717) is 0 Å². The van der Waals surface area contributed by atoms with Gasteiger partial charge in [-0.2, -0.15) is 0 Å². The Kier molecular flexibility index (Phi) is 6.60. The molecule has 0 saturated heterocycles. The molecule has 9 aromatic carbocycles. The topological polar surface area (TPSA) is 14.8 Å². The monoisotopic (exact) mass is 755 g/mol. The van der Waals surface area contributed by atoms with Crippen LogP contribution in [0.25, 0.3) is 114 Å². The highest BCUT2D eigenvalue weighted by Gasteiger charge is 2.23. The maximum atomic E-state index is 2.50. The number of rotatable bonds is 4. The zero-order valence-electron chi connectivity index (χ0n) is 31.3.